The zero-order valence-electron chi connectivity index (χ0n) is 18.8. The lowest BCUT2D eigenvalue weighted by molar-refractivity contribution is -0.123. The van der Waals surface area contributed by atoms with E-state index >= 15 is 0 Å². The van der Waals surface area contributed by atoms with E-state index in [9.17, 15) is 18.0 Å². The molecule has 32 heavy (non-hydrogen) atoms. The molecule has 1 heterocycles. The summed E-state index contributed by atoms with van der Waals surface area (Å²) in [6.07, 6.45) is 2.15. The summed E-state index contributed by atoms with van der Waals surface area (Å²) in [5.41, 5.74) is 2.67. The second kappa shape index (κ2) is 10.3. The zero-order valence-corrected chi connectivity index (χ0v) is 19.6. The summed E-state index contributed by atoms with van der Waals surface area (Å²) in [5.74, 6) is -0.640. The van der Waals surface area contributed by atoms with Crippen molar-refractivity contribution in [2.45, 2.75) is 51.0 Å². The first kappa shape index (κ1) is 23.9. The molecule has 7 nitrogen and oxygen atoms in total. The molecule has 2 amide bonds. The van der Waals surface area contributed by atoms with Crippen LogP contribution in [0.4, 0.5) is 5.69 Å². The van der Waals surface area contributed by atoms with Crippen molar-refractivity contribution in [2.75, 3.05) is 18.0 Å². The molecule has 0 saturated carbocycles. The van der Waals surface area contributed by atoms with Crippen molar-refractivity contribution in [1.29, 1.82) is 0 Å². The molecule has 0 saturated heterocycles. The lowest BCUT2D eigenvalue weighted by atomic mass is 10.0. The molecule has 3 rings (SSSR count). The van der Waals surface area contributed by atoms with Crippen LogP contribution in [-0.4, -0.2) is 39.4 Å². The number of nitrogens with one attached hydrogen (secondary N) is 2. The van der Waals surface area contributed by atoms with E-state index in [2.05, 4.69) is 10.0 Å². The van der Waals surface area contributed by atoms with Crippen LogP contribution in [-0.2, 0) is 32.5 Å². The highest BCUT2D eigenvalue weighted by Crippen LogP contribution is 2.29. The molecule has 1 aliphatic heterocycles. The lowest BCUT2D eigenvalue weighted by Gasteiger charge is -2.29. The van der Waals surface area contributed by atoms with Gasteiger partial charge in [-0.3, -0.25) is 9.59 Å². The van der Waals surface area contributed by atoms with Gasteiger partial charge in [-0.15, -0.1) is 0 Å². The van der Waals surface area contributed by atoms with E-state index < -0.39 is 16.1 Å². The van der Waals surface area contributed by atoms with Crippen LogP contribution in [0.1, 0.15) is 38.3 Å². The number of hydrogen-bond donors (Lipinski definition) is 2. The van der Waals surface area contributed by atoms with Crippen LogP contribution in [0.2, 0.25) is 0 Å². The minimum Gasteiger partial charge on any atom is -0.354 e. The summed E-state index contributed by atoms with van der Waals surface area (Å²) < 4.78 is 28.7. The monoisotopic (exact) mass is 457 g/mol. The van der Waals surface area contributed by atoms with Crippen LogP contribution in [0, 0.1) is 5.92 Å². The molecule has 0 aliphatic carbocycles. The Morgan fingerprint density at radius 3 is 2.47 bits per heavy atom. The van der Waals surface area contributed by atoms with Crippen molar-refractivity contribution in [1.82, 2.24) is 10.0 Å². The zero-order chi connectivity index (χ0) is 23.3. The quantitative estimate of drug-likeness (QED) is 0.637. The number of amides is 2. The van der Waals surface area contributed by atoms with Gasteiger partial charge in [0.2, 0.25) is 21.8 Å². The fourth-order valence-electron chi connectivity index (χ4n) is 3.88. The lowest BCUT2D eigenvalue weighted by Crippen LogP contribution is -2.50. The highest BCUT2D eigenvalue weighted by molar-refractivity contribution is 7.89. The summed E-state index contributed by atoms with van der Waals surface area (Å²) >= 11 is 0. The summed E-state index contributed by atoms with van der Waals surface area (Å²) in [5, 5.41) is 2.84. The molecule has 1 atom stereocenters. The molecule has 0 fully saturated rings. The maximum atomic E-state index is 13.1. The standard InChI is InChI=1S/C24H31N3O4S/c1-17(2)23(24(29)25-14-13-19-8-5-4-6-9-19)26-32(30,31)21-11-12-22-20(16-21)10-7-15-27(22)18(3)28/h4-6,8-9,11-12,16-17,23,26H,7,10,13-15H2,1-3H3,(H,25,29)/t23-/m1/s1. The predicted molar refractivity (Wildman–Crippen MR) is 125 cm³/mol. The maximum absolute atomic E-state index is 13.1. The average molecular weight is 458 g/mol. The van der Waals surface area contributed by atoms with Gasteiger partial charge in [-0.05, 0) is 54.5 Å². The SMILES string of the molecule is CC(=O)N1CCCc2cc(S(=O)(=O)N[C@@H](C(=O)NCCc3ccccc3)C(C)C)ccc21. The van der Waals surface area contributed by atoms with Gasteiger partial charge in [-0.2, -0.15) is 4.72 Å². The molecule has 2 aromatic rings. The summed E-state index contributed by atoms with van der Waals surface area (Å²) in [6.45, 7) is 6.17. The Kier molecular flexibility index (Phi) is 7.69. The minimum absolute atomic E-state index is 0.0632. The second-order valence-corrected chi connectivity index (χ2v) is 10.1. The predicted octanol–water partition coefficient (Wildman–Crippen LogP) is 2.65. The number of aryl methyl sites for hydroxylation is 1. The van der Waals surface area contributed by atoms with Gasteiger partial charge in [-0.1, -0.05) is 44.2 Å². The highest BCUT2D eigenvalue weighted by Gasteiger charge is 2.29. The van der Waals surface area contributed by atoms with Crippen LogP contribution in [0.15, 0.2) is 53.4 Å². The molecular formula is C24H31N3O4S. The number of carbonyl (C=O) groups excluding carboxylic acids is 2. The molecule has 0 radical (unpaired) electrons. The molecule has 2 aromatic carbocycles. The van der Waals surface area contributed by atoms with E-state index in [0.29, 0.717) is 25.9 Å². The van der Waals surface area contributed by atoms with Crippen LogP contribution in [0.3, 0.4) is 0 Å². The van der Waals surface area contributed by atoms with Crippen molar-refractivity contribution in [3.8, 4) is 0 Å². The summed E-state index contributed by atoms with van der Waals surface area (Å²) in [4.78, 5) is 26.4. The molecule has 1 aliphatic rings. The van der Waals surface area contributed by atoms with E-state index in [0.717, 1.165) is 23.2 Å². The topological polar surface area (TPSA) is 95.6 Å². The van der Waals surface area contributed by atoms with Gasteiger partial charge >= 0.3 is 0 Å². The molecular weight excluding hydrogens is 426 g/mol. The number of rotatable bonds is 8. The highest BCUT2D eigenvalue weighted by atomic mass is 32.2. The fourth-order valence-corrected chi connectivity index (χ4v) is 5.27. The van der Waals surface area contributed by atoms with E-state index in [-0.39, 0.29) is 22.6 Å². The molecule has 0 aromatic heterocycles. The van der Waals surface area contributed by atoms with Gasteiger partial charge in [-0.25, -0.2) is 8.42 Å². The minimum atomic E-state index is -3.91. The number of anilines is 1. The van der Waals surface area contributed by atoms with Gasteiger partial charge in [0, 0.05) is 25.7 Å². The number of carbonyl (C=O) groups is 2. The third-order valence-electron chi connectivity index (χ3n) is 5.65. The first-order valence-corrected chi connectivity index (χ1v) is 12.4. The normalized spacial score (nSPS) is 14.7. The largest absolute Gasteiger partial charge is 0.354 e. The van der Waals surface area contributed by atoms with Crippen molar-refractivity contribution in [3.05, 3.63) is 59.7 Å². The van der Waals surface area contributed by atoms with E-state index in [1.165, 1.54) is 13.0 Å². The number of fused-ring (bicyclic) bond motifs is 1. The van der Waals surface area contributed by atoms with Crippen molar-refractivity contribution in [2.24, 2.45) is 5.92 Å². The number of nitrogens with zero attached hydrogens (tertiary/aromatic N) is 1. The van der Waals surface area contributed by atoms with Crippen LogP contribution in [0.5, 0.6) is 0 Å². The Bertz CT molecular complexity index is 1070. The molecule has 8 heteroatoms. The number of benzene rings is 2. The third kappa shape index (κ3) is 5.75. The van der Waals surface area contributed by atoms with E-state index in [1.807, 2.05) is 44.2 Å². The molecule has 0 spiro atoms. The third-order valence-corrected chi connectivity index (χ3v) is 7.09. The van der Waals surface area contributed by atoms with Gasteiger partial charge in [0.05, 0.1) is 4.90 Å². The Hall–Kier alpha value is -2.71. The first-order valence-electron chi connectivity index (χ1n) is 10.9. The molecule has 2 N–H and O–H groups in total. The van der Waals surface area contributed by atoms with Crippen LogP contribution >= 0.6 is 0 Å². The Morgan fingerprint density at radius 1 is 1.09 bits per heavy atom. The van der Waals surface area contributed by atoms with Crippen LogP contribution in [0.25, 0.3) is 0 Å². The molecule has 0 unspecified atom stereocenters. The fraction of sp³-hybridized carbons (Fsp3) is 0.417. The summed E-state index contributed by atoms with van der Waals surface area (Å²) in [7, 11) is -3.91. The van der Waals surface area contributed by atoms with Gasteiger partial charge in [0.15, 0.2) is 0 Å². The van der Waals surface area contributed by atoms with Gasteiger partial charge in [0.25, 0.3) is 0 Å². The smallest absolute Gasteiger partial charge is 0.241 e. The van der Waals surface area contributed by atoms with Crippen molar-refractivity contribution < 1.29 is 18.0 Å². The Balaban J connectivity index is 1.71. The summed E-state index contributed by atoms with van der Waals surface area (Å²) in [6, 6.07) is 13.7. The number of hydrogen-bond acceptors (Lipinski definition) is 4. The molecule has 0 bridgehead atoms. The van der Waals surface area contributed by atoms with Gasteiger partial charge in [0.1, 0.15) is 6.04 Å². The first-order chi connectivity index (χ1) is 15.2. The Morgan fingerprint density at radius 2 is 1.81 bits per heavy atom. The van der Waals surface area contributed by atoms with Crippen molar-refractivity contribution in [3.63, 3.8) is 0 Å². The Labute approximate surface area is 190 Å². The van der Waals surface area contributed by atoms with Crippen molar-refractivity contribution >= 4 is 27.5 Å². The second-order valence-electron chi connectivity index (χ2n) is 8.43. The van der Waals surface area contributed by atoms with E-state index in [4.69, 9.17) is 0 Å². The number of sulfonamides is 1. The average Bonchev–Trinajstić information content (AvgIpc) is 2.77. The van der Waals surface area contributed by atoms with Crippen LogP contribution < -0.4 is 14.9 Å². The van der Waals surface area contributed by atoms with E-state index in [1.54, 1.807) is 17.0 Å². The molecule has 172 valence electrons. The maximum Gasteiger partial charge on any atom is 0.241 e. The van der Waals surface area contributed by atoms with Gasteiger partial charge < -0.3 is 10.2 Å².